The molecule has 3 rings (SSSR count). The molecule has 130 valence electrons. The summed E-state index contributed by atoms with van der Waals surface area (Å²) < 4.78 is 10.2. The number of pyridine rings is 1. The number of nitrogens with zero attached hydrogens (tertiary/aromatic N) is 2. The largest absolute Gasteiger partial charge is 0.497 e. The van der Waals surface area contributed by atoms with Crippen molar-refractivity contribution in [2.24, 2.45) is 0 Å². The molecular formula is C17H17N3O5. The highest BCUT2D eigenvalue weighted by Crippen LogP contribution is 2.22. The Morgan fingerprint density at radius 2 is 2.12 bits per heavy atom. The summed E-state index contributed by atoms with van der Waals surface area (Å²) in [7, 11) is 1.57. The third kappa shape index (κ3) is 3.37. The first kappa shape index (κ1) is 16.7. The van der Waals surface area contributed by atoms with Gasteiger partial charge < -0.3 is 14.8 Å². The molecule has 0 spiro atoms. The molecule has 1 aromatic heterocycles. The number of rotatable bonds is 4. The molecule has 1 saturated heterocycles. The molecule has 8 nitrogen and oxygen atoms in total. The van der Waals surface area contributed by atoms with Crippen LogP contribution in [0, 0.1) is 6.92 Å². The number of benzene rings is 1. The first-order valence-corrected chi connectivity index (χ1v) is 7.70. The lowest BCUT2D eigenvalue weighted by Crippen LogP contribution is -2.37. The second kappa shape index (κ2) is 6.76. The Morgan fingerprint density at radius 1 is 1.32 bits per heavy atom. The van der Waals surface area contributed by atoms with Crippen molar-refractivity contribution in [3.05, 3.63) is 35.5 Å². The van der Waals surface area contributed by atoms with Gasteiger partial charge in [-0.15, -0.1) is 0 Å². The number of methoxy groups -OCH3 is 1. The van der Waals surface area contributed by atoms with Crippen LogP contribution in [0.4, 0.5) is 4.79 Å². The second-order valence-electron chi connectivity index (χ2n) is 5.53. The highest BCUT2D eigenvalue weighted by Gasteiger charge is 2.27. The van der Waals surface area contributed by atoms with Crippen LogP contribution in [0.5, 0.6) is 5.75 Å². The first-order valence-electron chi connectivity index (χ1n) is 7.70. The zero-order valence-electron chi connectivity index (χ0n) is 13.9. The third-order valence-electron chi connectivity index (χ3n) is 3.92. The Morgan fingerprint density at radius 3 is 2.80 bits per heavy atom. The van der Waals surface area contributed by atoms with Gasteiger partial charge in [0, 0.05) is 24.5 Å². The Bertz CT molecular complexity index is 865. The van der Waals surface area contributed by atoms with Gasteiger partial charge in [-0.25, -0.2) is 9.59 Å². The first-order chi connectivity index (χ1) is 12.0. The number of hydrogen-bond acceptors (Lipinski definition) is 6. The number of amides is 3. The van der Waals surface area contributed by atoms with Crippen LogP contribution in [-0.2, 0) is 9.53 Å². The van der Waals surface area contributed by atoms with E-state index in [4.69, 9.17) is 9.47 Å². The summed E-state index contributed by atoms with van der Waals surface area (Å²) in [5.41, 5.74) is 1.45. The number of fused-ring (bicyclic) bond motifs is 1. The molecule has 1 aliphatic heterocycles. The van der Waals surface area contributed by atoms with E-state index < -0.39 is 24.5 Å². The van der Waals surface area contributed by atoms with Gasteiger partial charge >= 0.3 is 12.0 Å². The fourth-order valence-corrected chi connectivity index (χ4v) is 2.57. The van der Waals surface area contributed by atoms with E-state index >= 15 is 0 Å². The summed E-state index contributed by atoms with van der Waals surface area (Å²) in [4.78, 5) is 41.0. The third-order valence-corrected chi connectivity index (χ3v) is 3.92. The zero-order valence-corrected chi connectivity index (χ0v) is 13.9. The lowest BCUT2D eigenvalue weighted by atomic mass is 10.1. The van der Waals surface area contributed by atoms with Crippen LogP contribution < -0.4 is 10.1 Å². The Kier molecular flexibility index (Phi) is 4.51. The quantitative estimate of drug-likeness (QED) is 0.840. The van der Waals surface area contributed by atoms with Crippen molar-refractivity contribution in [3.63, 3.8) is 0 Å². The van der Waals surface area contributed by atoms with Gasteiger partial charge in [0.25, 0.3) is 5.91 Å². The monoisotopic (exact) mass is 343 g/mol. The lowest BCUT2D eigenvalue weighted by molar-refractivity contribution is -0.130. The Hall–Kier alpha value is -3.16. The molecule has 2 heterocycles. The van der Waals surface area contributed by atoms with E-state index in [0.29, 0.717) is 23.5 Å². The van der Waals surface area contributed by atoms with E-state index in [1.165, 1.54) is 0 Å². The number of aromatic nitrogens is 1. The second-order valence-corrected chi connectivity index (χ2v) is 5.53. The number of ether oxygens (including phenoxy) is 2. The smallest absolute Gasteiger partial charge is 0.340 e. The highest BCUT2D eigenvalue weighted by atomic mass is 16.5. The molecule has 0 bridgehead atoms. The Balaban J connectivity index is 1.74. The van der Waals surface area contributed by atoms with Crippen LogP contribution in [0.15, 0.2) is 24.3 Å². The summed E-state index contributed by atoms with van der Waals surface area (Å²) in [6.07, 6.45) is 0. The Labute approximate surface area is 143 Å². The van der Waals surface area contributed by atoms with Crippen molar-refractivity contribution in [1.82, 2.24) is 15.2 Å². The number of imide groups is 1. The number of esters is 1. The number of urea groups is 1. The van der Waals surface area contributed by atoms with Gasteiger partial charge in [0.1, 0.15) is 5.75 Å². The maximum atomic E-state index is 12.3. The topological polar surface area (TPSA) is 97.8 Å². The van der Waals surface area contributed by atoms with Crippen molar-refractivity contribution in [1.29, 1.82) is 0 Å². The van der Waals surface area contributed by atoms with E-state index in [9.17, 15) is 14.4 Å². The lowest BCUT2D eigenvalue weighted by Gasteiger charge is -2.13. The summed E-state index contributed by atoms with van der Waals surface area (Å²) in [5.74, 6) is -0.542. The maximum absolute atomic E-state index is 12.3. The van der Waals surface area contributed by atoms with E-state index in [1.54, 1.807) is 38.3 Å². The van der Waals surface area contributed by atoms with Crippen LogP contribution in [0.3, 0.4) is 0 Å². The van der Waals surface area contributed by atoms with Crippen molar-refractivity contribution in [2.75, 3.05) is 26.8 Å². The standard InChI is InChI=1S/C17H17N3O5/c1-10-13(7-11-3-4-12(24-2)8-14(11)19-10)16(22)25-9-15(21)20-6-5-18-17(20)23/h3-4,7-8H,5-6,9H2,1-2H3,(H,18,23). The molecule has 2 aromatic rings. The SMILES string of the molecule is COc1ccc2cc(C(=O)OCC(=O)N3CCNC3=O)c(C)nc2c1. The molecule has 1 aromatic carbocycles. The molecular weight excluding hydrogens is 326 g/mol. The van der Waals surface area contributed by atoms with Gasteiger partial charge in [-0.3, -0.25) is 14.7 Å². The maximum Gasteiger partial charge on any atom is 0.340 e. The van der Waals surface area contributed by atoms with E-state index in [0.717, 1.165) is 10.3 Å². The van der Waals surface area contributed by atoms with E-state index in [1.807, 2.05) is 0 Å². The average molecular weight is 343 g/mol. The van der Waals surface area contributed by atoms with Crippen LogP contribution in [0.25, 0.3) is 10.9 Å². The number of hydrogen-bond donors (Lipinski definition) is 1. The van der Waals surface area contributed by atoms with E-state index in [2.05, 4.69) is 10.3 Å². The van der Waals surface area contributed by atoms with Gasteiger partial charge in [-0.1, -0.05) is 0 Å². The van der Waals surface area contributed by atoms with Crippen LogP contribution in [-0.4, -0.2) is 54.6 Å². The number of carbonyl (C=O) groups is 3. The number of aryl methyl sites for hydroxylation is 1. The van der Waals surface area contributed by atoms with Crippen molar-refractivity contribution in [2.45, 2.75) is 6.92 Å². The normalized spacial score (nSPS) is 13.7. The molecule has 0 radical (unpaired) electrons. The van der Waals surface area contributed by atoms with Crippen LogP contribution >= 0.6 is 0 Å². The molecule has 3 amide bonds. The fourth-order valence-electron chi connectivity index (χ4n) is 2.57. The molecule has 0 unspecified atom stereocenters. The number of nitrogens with one attached hydrogen (secondary N) is 1. The summed E-state index contributed by atoms with van der Waals surface area (Å²) in [6, 6.07) is 6.51. The predicted molar refractivity (Wildman–Crippen MR) is 88.4 cm³/mol. The van der Waals surface area contributed by atoms with Crippen molar-refractivity contribution in [3.8, 4) is 5.75 Å². The molecule has 0 atom stereocenters. The summed E-state index contributed by atoms with van der Waals surface area (Å²) in [5, 5.41) is 3.27. The molecule has 1 N–H and O–H groups in total. The molecule has 0 aliphatic carbocycles. The highest BCUT2D eigenvalue weighted by molar-refractivity contribution is 5.99. The minimum absolute atomic E-state index is 0.271. The summed E-state index contributed by atoms with van der Waals surface area (Å²) in [6.45, 7) is 1.86. The molecule has 0 saturated carbocycles. The van der Waals surface area contributed by atoms with Crippen LogP contribution in [0.1, 0.15) is 16.1 Å². The van der Waals surface area contributed by atoms with Gasteiger partial charge in [0.2, 0.25) is 0 Å². The molecule has 1 fully saturated rings. The molecule has 8 heteroatoms. The van der Waals surface area contributed by atoms with Crippen LogP contribution in [0.2, 0.25) is 0 Å². The van der Waals surface area contributed by atoms with Gasteiger partial charge in [0.15, 0.2) is 6.61 Å². The van der Waals surface area contributed by atoms with Gasteiger partial charge in [-0.05, 0) is 25.1 Å². The van der Waals surface area contributed by atoms with Crippen molar-refractivity contribution >= 4 is 28.8 Å². The van der Waals surface area contributed by atoms with Gasteiger partial charge in [-0.2, -0.15) is 0 Å². The average Bonchev–Trinajstić information content (AvgIpc) is 3.04. The minimum Gasteiger partial charge on any atom is -0.497 e. The van der Waals surface area contributed by atoms with E-state index in [-0.39, 0.29) is 12.1 Å². The summed E-state index contributed by atoms with van der Waals surface area (Å²) >= 11 is 0. The number of carbonyl (C=O) groups excluding carboxylic acids is 3. The predicted octanol–water partition coefficient (Wildman–Crippen LogP) is 1.26. The zero-order chi connectivity index (χ0) is 18.0. The van der Waals surface area contributed by atoms with Gasteiger partial charge in [0.05, 0.1) is 23.9 Å². The fraction of sp³-hybridized carbons (Fsp3) is 0.294. The minimum atomic E-state index is -0.657. The molecule has 1 aliphatic rings. The molecule has 25 heavy (non-hydrogen) atoms. The van der Waals surface area contributed by atoms with Crippen molar-refractivity contribution < 1.29 is 23.9 Å².